The Labute approximate surface area is 134 Å². The van der Waals surface area contributed by atoms with Crippen LogP contribution in [0.3, 0.4) is 0 Å². The predicted molar refractivity (Wildman–Crippen MR) is 86.7 cm³/mol. The number of piperazine rings is 1. The normalized spacial score (nSPS) is 26.7. The van der Waals surface area contributed by atoms with Crippen LogP contribution < -0.4 is 0 Å². The van der Waals surface area contributed by atoms with E-state index in [1.54, 1.807) is 0 Å². The van der Waals surface area contributed by atoms with Crippen LogP contribution in [0.4, 0.5) is 0 Å². The molecule has 22 heavy (non-hydrogen) atoms. The highest BCUT2D eigenvalue weighted by molar-refractivity contribution is 5.78. The number of carbonyl (C=O) groups is 1. The Morgan fingerprint density at radius 1 is 0.909 bits per heavy atom. The maximum atomic E-state index is 12.4. The largest absolute Gasteiger partial charge is 0.392 e. The van der Waals surface area contributed by atoms with Gasteiger partial charge >= 0.3 is 0 Å². The molecule has 1 aliphatic carbocycles. The van der Waals surface area contributed by atoms with E-state index in [1.165, 1.54) is 38.5 Å². The van der Waals surface area contributed by atoms with Crippen molar-refractivity contribution in [3.05, 3.63) is 0 Å². The van der Waals surface area contributed by atoms with Crippen molar-refractivity contribution in [2.24, 2.45) is 5.92 Å². The quantitative estimate of drug-likeness (QED) is 0.815. The molecule has 0 bridgehead atoms. The van der Waals surface area contributed by atoms with E-state index in [-0.39, 0.29) is 6.10 Å². The van der Waals surface area contributed by atoms with Crippen LogP contribution in [-0.2, 0) is 4.79 Å². The molecule has 1 atom stereocenters. The molecule has 5 nitrogen and oxygen atoms in total. The van der Waals surface area contributed by atoms with Gasteiger partial charge in [0.25, 0.3) is 0 Å². The first-order valence-corrected chi connectivity index (χ1v) is 9.13. The van der Waals surface area contributed by atoms with Gasteiger partial charge in [-0.2, -0.15) is 0 Å². The molecule has 1 amide bonds. The zero-order valence-electron chi connectivity index (χ0n) is 13.8. The standard InChI is InChI=1S/C17H31N3O2/c21-16(15-5-6-15)13-18-9-11-19(12-10-18)14-17(22)20-7-3-1-2-4-8-20/h15-16,21H,1-14H2. The lowest BCUT2D eigenvalue weighted by atomic mass is 10.2. The minimum Gasteiger partial charge on any atom is -0.392 e. The summed E-state index contributed by atoms with van der Waals surface area (Å²) in [5, 5.41) is 10.0. The van der Waals surface area contributed by atoms with E-state index >= 15 is 0 Å². The first kappa shape index (κ1) is 16.2. The first-order valence-electron chi connectivity index (χ1n) is 9.13. The van der Waals surface area contributed by atoms with Crippen LogP contribution in [-0.4, -0.2) is 84.2 Å². The monoisotopic (exact) mass is 309 g/mol. The van der Waals surface area contributed by atoms with Crippen LogP contribution in [0.1, 0.15) is 38.5 Å². The van der Waals surface area contributed by atoms with Crippen LogP contribution in [0.2, 0.25) is 0 Å². The fourth-order valence-electron chi connectivity index (χ4n) is 3.64. The maximum Gasteiger partial charge on any atom is 0.236 e. The van der Waals surface area contributed by atoms with Crippen molar-refractivity contribution in [1.29, 1.82) is 0 Å². The molecule has 126 valence electrons. The van der Waals surface area contributed by atoms with E-state index in [9.17, 15) is 9.90 Å². The number of aliphatic hydroxyl groups is 1. The number of amides is 1. The molecule has 1 saturated carbocycles. The summed E-state index contributed by atoms with van der Waals surface area (Å²) in [7, 11) is 0. The number of aliphatic hydroxyl groups excluding tert-OH is 1. The number of hydrogen-bond donors (Lipinski definition) is 1. The van der Waals surface area contributed by atoms with Crippen LogP contribution in [0, 0.1) is 5.92 Å². The van der Waals surface area contributed by atoms with E-state index in [2.05, 4.69) is 14.7 Å². The Morgan fingerprint density at radius 3 is 2.09 bits per heavy atom. The van der Waals surface area contributed by atoms with Gasteiger partial charge in [0.05, 0.1) is 12.6 Å². The second kappa shape index (κ2) is 7.75. The SMILES string of the molecule is O=C(CN1CCN(CC(O)C2CC2)CC1)N1CCCCCC1. The summed E-state index contributed by atoms with van der Waals surface area (Å²) in [6.07, 6.45) is 7.14. The van der Waals surface area contributed by atoms with Gasteiger partial charge in [0.1, 0.15) is 0 Å². The van der Waals surface area contributed by atoms with E-state index in [0.717, 1.165) is 45.8 Å². The molecule has 1 unspecified atom stereocenters. The minimum absolute atomic E-state index is 0.134. The first-order chi connectivity index (χ1) is 10.7. The number of likely N-dealkylation sites (tertiary alicyclic amines) is 1. The van der Waals surface area contributed by atoms with Crippen molar-refractivity contribution in [3.63, 3.8) is 0 Å². The van der Waals surface area contributed by atoms with Gasteiger partial charge in [-0.1, -0.05) is 12.8 Å². The Bertz CT molecular complexity index is 357. The third kappa shape index (κ3) is 4.67. The summed E-state index contributed by atoms with van der Waals surface area (Å²) in [6, 6.07) is 0. The van der Waals surface area contributed by atoms with E-state index in [4.69, 9.17) is 0 Å². The molecule has 2 heterocycles. The van der Waals surface area contributed by atoms with Gasteiger partial charge < -0.3 is 10.0 Å². The number of nitrogens with zero attached hydrogens (tertiary/aromatic N) is 3. The second-order valence-electron chi connectivity index (χ2n) is 7.28. The van der Waals surface area contributed by atoms with Crippen LogP contribution in [0.15, 0.2) is 0 Å². The molecule has 2 saturated heterocycles. The molecule has 0 spiro atoms. The second-order valence-corrected chi connectivity index (χ2v) is 7.28. The van der Waals surface area contributed by atoms with Gasteiger partial charge in [0.15, 0.2) is 0 Å². The van der Waals surface area contributed by atoms with Gasteiger partial charge in [-0.05, 0) is 31.6 Å². The zero-order chi connectivity index (χ0) is 15.4. The smallest absolute Gasteiger partial charge is 0.236 e. The highest BCUT2D eigenvalue weighted by Gasteiger charge is 2.31. The maximum absolute atomic E-state index is 12.4. The summed E-state index contributed by atoms with van der Waals surface area (Å²) >= 11 is 0. The number of carbonyl (C=O) groups excluding carboxylic acids is 1. The van der Waals surface area contributed by atoms with Crippen LogP contribution in [0.5, 0.6) is 0 Å². The van der Waals surface area contributed by atoms with Crippen molar-refractivity contribution in [2.45, 2.75) is 44.6 Å². The van der Waals surface area contributed by atoms with Gasteiger partial charge in [-0.3, -0.25) is 14.6 Å². The number of rotatable bonds is 5. The van der Waals surface area contributed by atoms with Crippen molar-refractivity contribution in [3.8, 4) is 0 Å². The molecular formula is C17H31N3O2. The van der Waals surface area contributed by atoms with Crippen molar-refractivity contribution in [1.82, 2.24) is 14.7 Å². The lowest BCUT2D eigenvalue weighted by Crippen LogP contribution is -2.51. The highest BCUT2D eigenvalue weighted by Crippen LogP contribution is 2.32. The van der Waals surface area contributed by atoms with Crippen molar-refractivity contribution in [2.75, 3.05) is 52.4 Å². The average molecular weight is 309 g/mol. The molecule has 0 aromatic rings. The lowest BCUT2D eigenvalue weighted by molar-refractivity contribution is -0.132. The third-order valence-corrected chi connectivity index (χ3v) is 5.39. The van der Waals surface area contributed by atoms with Crippen LogP contribution >= 0.6 is 0 Å². The highest BCUT2D eigenvalue weighted by atomic mass is 16.3. The fourth-order valence-corrected chi connectivity index (χ4v) is 3.64. The molecule has 0 radical (unpaired) electrons. The molecule has 0 aromatic carbocycles. The van der Waals surface area contributed by atoms with Gasteiger partial charge in [0.2, 0.25) is 5.91 Å². The Balaban J connectivity index is 1.36. The Hall–Kier alpha value is -0.650. The minimum atomic E-state index is -0.134. The molecule has 0 aromatic heterocycles. The molecule has 3 aliphatic rings. The molecular weight excluding hydrogens is 278 g/mol. The third-order valence-electron chi connectivity index (χ3n) is 5.39. The number of β-amino-alcohol motifs (C(OH)–C–C–N with tert-alkyl or cyclic N) is 1. The van der Waals surface area contributed by atoms with E-state index in [1.807, 2.05) is 0 Å². The summed E-state index contributed by atoms with van der Waals surface area (Å²) in [6.45, 7) is 7.18. The van der Waals surface area contributed by atoms with Gasteiger partial charge in [-0.15, -0.1) is 0 Å². The molecule has 2 aliphatic heterocycles. The molecule has 1 N–H and O–H groups in total. The van der Waals surface area contributed by atoms with Crippen LogP contribution in [0.25, 0.3) is 0 Å². The van der Waals surface area contributed by atoms with Crippen molar-refractivity contribution >= 4 is 5.91 Å². The van der Waals surface area contributed by atoms with Gasteiger partial charge in [-0.25, -0.2) is 0 Å². The summed E-state index contributed by atoms with van der Waals surface area (Å²) in [5.41, 5.74) is 0. The fraction of sp³-hybridized carbons (Fsp3) is 0.941. The molecule has 3 fully saturated rings. The topological polar surface area (TPSA) is 47.0 Å². The predicted octanol–water partition coefficient (Wildman–Crippen LogP) is 0.778. The van der Waals surface area contributed by atoms with E-state index in [0.29, 0.717) is 18.4 Å². The molecule has 3 rings (SSSR count). The molecule has 5 heteroatoms. The van der Waals surface area contributed by atoms with Gasteiger partial charge in [0, 0.05) is 45.8 Å². The van der Waals surface area contributed by atoms with Crippen molar-refractivity contribution < 1.29 is 9.90 Å². The zero-order valence-corrected chi connectivity index (χ0v) is 13.8. The number of hydrogen-bond acceptors (Lipinski definition) is 4. The Kier molecular flexibility index (Phi) is 5.71. The van der Waals surface area contributed by atoms with E-state index < -0.39 is 0 Å². The summed E-state index contributed by atoms with van der Waals surface area (Å²) in [4.78, 5) is 19.1. The summed E-state index contributed by atoms with van der Waals surface area (Å²) in [5.74, 6) is 0.871. The average Bonchev–Trinajstić information content (AvgIpc) is 3.36. The summed E-state index contributed by atoms with van der Waals surface area (Å²) < 4.78 is 0. The Morgan fingerprint density at radius 2 is 1.50 bits per heavy atom. The lowest BCUT2D eigenvalue weighted by Gasteiger charge is -2.36.